The first-order chi connectivity index (χ1) is 27.3. The molecule has 2 heterocycles. The van der Waals surface area contributed by atoms with Gasteiger partial charge >= 0.3 is 0 Å². The van der Waals surface area contributed by atoms with Crippen molar-refractivity contribution < 1.29 is 4.42 Å². The zero-order valence-electron chi connectivity index (χ0n) is 29.9. The van der Waals surface area contributed by atoms with Crippen LogP contribution in [0, 0.1) is 0 Å². The highest BCUT2D eigenvalue weighted by atomic mass is 16.3. The monoisotopic (exact) mass is 702 g/mol. The number of fused-ring (bicyclic) bond motifs is 8. The normalized spacial score (nSPS) is 11.6. The standard InChI is InChI=1S/C52H34N2O/c1-3-11-35(12-4-1)36-19-21-37(22-20-36)38-23-26-41(27-24-38)53(43-29-32-50-47(34-43)52-44-16-8-7-13-39(44)25-31-51(52)55-50)42-28-30-49-46(33-42)45-17-9-10-18-48(45)54(49)40-14-5-2-6-15-40/h1-34H. The van der Waals surface area contributed by atoms with E-state index in [1.807, 2.05) is 0 Å². The molecule has 55 heavy (non-hydrogen) atoms. The maximum atomic E-state index is 6.44. The quantitative estimate of drug-likeness (QED) is 0.172. The van der Waals surface area contributed by atoms with Gasteiger partial charge in [-0.3, -0.25) is 0 Å². The van der Waals surface area contributed by atoms with Gasteiger partial charge in [0.15, 0.2) is 0 Å². The molecule has 0 unspecified atom stereocenters. The number of para-hydroxylation sites is 2. The van der Waals surface area contributed by atoms with E-state index in [1.54, 1.807) is 0 Å². The third kappa shape index (κ3) is 5.20. The lowest BCUT2D eigenvalue weighted by Crippen LogP contribution is -2.09. The van der Waals surface area contributed by atoms with E-state index in [9.17, 15) is 0 Å². The molecule has 0 N–H and O–H groups in total. The Morgan fingerprint density at radius 3 is 1.62 bits per heavy atom. The van der Waals surface area contributed by atoms with E-state index in [1.165, 1.54) is 54.8 Å². The van der Waals surface area contributed by atoms with Crippen LogP contribution in [-0.4, -0.2) is 4.57 Å². The molecular formula is C52H34N2O. The molecule has 0 amide bonds. The van der Waals surface area contributed by atoms with Crippen LogP contribution in [0.5, 0.6) is 0 Å². The van der Waals surface area contributed by atoms with Crippen LogP contribution in [-0.2, 0) is 0 Å². The Hall–Kier alpha value is -7.36. The summed E-state index contributed by atoms with van der Waals surface area (Å²) < 4.78 is 8.80. The minimum Gasteiger partial charge on any atom is -0.456 e. The first-order valence-corrected chi connectivity index (χ1v) is 18.8. The summed E-state index contributed by atoms with van der Waals surface area (Å²) in [6.07, 6.45) is 0. The second-order valence-electron chi connectivity index (χ2n) is 14.2. The number of rotatable bonds is 6. The summed E-state index contributed by atoms with van der Waals surface area (Å²) >= 11 is 0. The van der Waals surface area contributed by atoms with Crippen molar-refractivity contribution in [1.82, 2.24) is 4.57 Å². The van der Waals surface area contributed by atoms with Gasteiger partial charge in [-0.2, -0.15) is 0 Å². The molecule has 0 fully saturated rings. The summed E-state index contributed by atoms with van der Waals surface area (Å²) in [4.78, 5) is 2.37. The number of hydrogen-bond donors (Lipinski definition) is 0. The average molecular weight is 703 g/mol. The van der Waals surface area contributed by atoms with Crippen molar-refractivity contribution in [2.45, 2.75) is 0 Å². The zero-order valence-corrected chi connectivity index (χ0v) is 29.9. The van der Waals surface area contributed by atoms with Crippen LogP contribution >= 0.6 is 0 Å². The van der Waals surface area contributed by atoms with Crippen LogP contribution in [0.25, 0.3) is 82.5 Å². The Morgan fingerprint density at radius 1 is 0.345 bits per heavy atom. The minimum absolute atomic E-state index is 0.880. The fourth-order valence-electron chi connectivity index (χ4n) is 8.37. The molecule has 0 aliphatic heterocycles. The van der Waals surface area contributed by atoms with Gasteiger partial charge in [-0.25, -0.2) is 0 Å². The molecule has 0 saturated carbocycles. The second-order valence-corrected chi connectivity index (χ2v) is 14.2. The van der Waals surface area contributed by atoms with Gasteiger partial charge in [-0.1, -0.05) is 133 Å². The molecule has 0 aliphatic carbocycles. The smallest absolute Gasteiger partial charge is 0.136 e. The molecule has 11 aromatic rings. The second kappa shape index (κ2) is 12.6. The summed E-state index contributed by atoms with van der Waals surface area (Å²) in [6, 6.07) is 73.9. The van der Waals surface area contributed by atoms with E-state index in [4.69, 9.17) is 4.42 Å². The van der Waals surface area contributed by atoms with Crippen LogP contribution in [0.3, 0.4) is 0 Å². The highest BCUT2D eigenvalue weighted by Gasteiger charge is 2.19. The minimum atomic E-state index is 0.880. The van der Waals surface area contributed by atoms with Crippen LogP contribution < -0.4 is 4.90 Å². The molecule has 9 aromatic carbocycles. The summed E-state index contributed by atoms with van der Waals surface area (Å²) in [5.74, 6) is 0. The third-order valence-corrected chi connectivity index (χ3v) is 11.0. The van der Waals surface area contributed by atoms with Crippen molar-refractivity contribution in [2.24, 2.45) is 0 Å². The fraction of sp³-hybridized carbons (Fsp3) is 0. The predicted molar refractivity (Wildman–Crippen MR) is 231 cm³/mol. The van der Waals surface area contributed by atoms with E-state index in [0.717, 1.165) is 44.7 Å². The number of hydrogen-bond acceptors (Lipinski definition) is 2. The molecule has 3 heteroatoms. The molecule has 0 bridgehead atoms. The van der Waals surface area contributed by atoms with Gasteiger partial charge in [-0.15, -0.1) is 0 Å². The number of nitrogens with zero attached hydrogens (tertiary/aromatic N) is 2. The highest BCUT2D eigenvalue weighted by Crippen LogP contribution is 2.43. The number of anilines is 3. The molecule has 258 valence electrons. The van der Waals surface area contributed by atoms with Crippen molar-refractivity contribution in [3.8, 4) is 27.9 Å². The maximum absolute atomic E-state index is 6.44. The summed E-state index contributed by atoms with van der Waals surface area (Å²) in [7, 11) is 0. The number of furan rings is 1. The maximum Gasteiger partial charge on any atom is 0.136 e. The van der Waals surface area contributed by atoms with Crippen molar-refractivity contribution >= 4 is 71.6 Å². The summed E-state index contributed by atoms with van der Waals surface area (Å²) in [6.45, 7) is 0. The van der Waals surface area contributed by atoms with E-state index in [-0.39, 0.29) is 0 Å². The van der Waals surface area contributed by atoms with Crippen LogP contribution in [0.2, 0.25) is 0 Å². The van der Waals surface area contributed by atoms with Crippen molar-refractivity contribution in [1.29, 1.82) is 0 Å². The first kappa shape index (κ1) is 31.2. The van der Waals surface area contributed by atoms with Crippen LogP contribution in [0.1, 0.15) is 0 Å². The molecule has 0 atom stereocenters. The first-order valence-electron chi connectivity index (χ1n) is 18.8. The van der Waals surface area contributed by atoms with Gasteiger partial charge in [0.2, 0.25) is 0 Å². The zero-order chi connectivity index (χ0) is 36.3. The van der Waals surface area contributed by atoms with Gasteiger partial charge in [0.25, 0.3) is 0 Å². The molecule has 2 aromatic heterocycles. The van der Waals surface area contributed by atoms with Crippen molar-refractivity contribution in [3.63, 3.8) is 0 Å². The Morgan fingerprint density at radius 2 is 0.873 bits per heavy atom. The average Bonchev–Trinajstić information content (AvgIpc) is 3.80. The van der Waals surface area contributed by atoms with E-state index < -0.39 is 0 Å². The Balaban J connectivity index is 1.08. The van der Waals surface area contributed by atoms with E-state index in [2.05, 4.69) is 216 Å². The Labute approximate surface area is 318 Å². The molecule has 0 spiro atoms. The molecular weight excluding hydrogens is 669 g/mol. The fourth-order valence-corrected chi connectivity index (χ4v) is 8.37. The molecule has 3 nitrogen and oxygen atoms in total. The van der Waals surface area contributed by atoms with Gasteiger partial charge in [0.1, 0.15) is 11.2 Å². The van der Waals surface area contributed by atoms with Crippen LogP contribution in [0.4, 0.5) is 17.1 Å². The SMILES string of the molecule is c1ccc(-c2ccc(-c3ccc(N(c4ccc5oc6ccc7ccccc7c6c5c4)c4ccc5c(c4)c4ccccc4n5-c4ccccc4)cc3)cc2)cc1. The van der Waals surface area contributed by atoms with Gasteiger partial charge in [0.05, 0.1) is 11.0 Å². The third-order valence-electron chi connectivity index (χ3n) is 11.0. The van der Waals surface area contributed by atoms with Crippen LogP contribution in [0.15, 0.2) is 211 Å². The number of benzene rings is 9. The van der Waals surface area contributed by atoms with Crippen molar-refractivity contribution in [2.75, 3.05) is 4.90 Å². The lowest BCUT2D eigenvalue weighted by molar-refractivity contribution is 0.669. The van der Waals surface area contributed by atoms with Crippen molar-refractivity contribution in [3.05, 3.63) is 206 Å². The Bertz CT molecular complexity index is 3180. The molecule has 0 aliphatic rings. The lowest BCUT2D eigenvalue weighted by Gasteiger charge is -2.26. The largest absolute Gasteiger partial charge is 0.456 e. The molecule has 11 rings (SSSR count). The predicted octanol–water partition coefficient (Wildman–Crippen LogP) is 14.6. The van der Waals surface area contributed by atoms with Gasteiger partial charge < -0.3 is 13.9 Å². The summed E-state index contributed by atoms with van der Waals surface area (Å²) in [5, 5.41) is 7.07. The highest BCUT2D eigenvalue weighted by molar-refractivity contribution is 6.19. The molecule has 0 radical (unpaired) electrons. The lowest BCUT2D eigenvalue weighted by atomic mass is 10.00. The van der Waals surface area contributed by atoms with E-state index in [0.29, 0.717) is 0 Å². The number of aromatic nitrogens is 1. The topological polar surface area (TPSA) is 21.3 Å². The summed E-state index contributed by atoms with van der Waals surface area (Å²) in [5.41, 5.74) is 13.3. The van der Waals surface area contributed by atoms with Gasteiger partial charge in [0, 0.05) is 44.3 Å². The molecule has 0 saturated heterocycles. The Kier molecular flexibility index (Phi) is 7.17. The van der Waals surface area contributed by atoms with Gasteiger partial charge in [-0.05, 0) is 106 Å². The van der Waals surface area contributed by atoms with E-state index >= 15 is 0 Å².